The highest BCUT2D eigenvalue weighted by Crippen LogP contribution is 2.33. The van der Waals surface area contributed by atoms with Crippen molar-refractivity contribution in [2.24, 2.45) is 5.92 Å². The maximum atomic E-state index is 12.5. The Morgan fingerprint density at radius 2 is 1.79 bits per heavy atom. The van der Waals surface area contributed by atoms with E-state index >= 15 is 0 Å². The summed E-state index contributed by atoms with van der Waals surface area (Å²) < 4.78 is 0. The van der Waals surface area contributed by atoms with Gasteiger partial charge in [0.15, 0.2) is 0 Å². The molecule has 0 radical (unpaired) electrons. The number of nitrogens with one attached hydrogen (secondary N) is 1. The molecule has 3 nitrogen and oxygen atoms in total. The SMILES string of the molecule is CCCN(C(=O)NC(C)(C)C1CCCCC1)C1CC1. The molecule has 2 fully saturated rings. The highest BCUT2D eigenvalue weighted by Gasteiger charge is 2.37. The fourth-order valence-corrected chi connectivity index (χ4v) is 3.35. The summed E-state index contributed by atoms with van der Waals surface area (Å²) in [7, 11) is 0. The molecule has 0 aromatic heterocycles. The van der Waals surface area contributed by atoms with E-state index in [0.29, 0.717) is 12.0 Å². The third kappa shape index (κ3) is 3.87. The fourth-order valence-electron chi connectivity index (χ4n) is 3.35. The van der Waals surface area contributed by atoms with E-state index in [1.165, 1.54) is 44.9 Å². The summed E-state index contributed by atoms with van der Waals surface area (Å²) in [5.41, 5.74) is -0.0572. The highest BCUT2D eigenvalue weighted by atomic mass is 16.2. The van der Waals surface area contributed by atoms with Gasteiger partial charge in [0.2, 0.25) is 0 Å². The summed E-state index contributed by atoms with van der Waals surface area (Å²) in [5.74, 6) is 0.646. The lowest BCUT2D eigenvalue weighted by Gasteiger charge is -2.39. The van der Waals surface area contributed by atoms with Gasteiger partial charge in [-0.1, -0.05) is 26.2 Å². The molecular weight excluding hydrogens is 236 g/mol. The number of hydrogen-bond donors (Lipinski definition) is 1. The molecule has 0 aromatic carbocycles. The van der Waals surface area contributed by atoms with Crippen LogP contribution in [0.4, 0.5) is 4.79 Å². The molecule has 110 valence electrons. The van der Waals surface area contributed by atoms with E-state index in [4.69, 9.17) is 0 Å². The summed E-state index contributed by atoms with van der Waals surface area (Å²) >= 11 is 0. The molecule has 3 heteroatoms. The Balaban J connectivity index is 1.91. The van der Waals surface area contributed by atoms with Gasteiger partial charge in [0, 0.05) is 18.1 Å². The van der Waals surface area contributed by atoms with Crippen molar-refractivity contribution < 1.29 is 4.79 Å². The molecule has 2 amide bonds. The van der Waals surface area contributed by atoms with Crippen molar-refractivity contribution >= 4 is 6.03 Å². The van der Waals surface area contributed by atoms with E-state index in [2.05, 4.69) is 31.0 Å². The Labute approximate surface area is 118 Å². The average molecular weight is 266 g/mol. The first kappa shape index (κ1) is 14.7. The molecule has 0 heterocycles. The third-order valence-electron chi connectivity index (χ3n) is 4.77. The van der Waals surface area contributed by atoms with Crippen molar-refractivity contribution in [2.45, 2.75) is 83.7 Å². The highest BCUT2D eigenvalue weighted by molar-refractivity contribution is 5.75. The van der Waals surface area contributed by atoms with Crippen LogP contribution in [0.3, 0.4) is 0 Å². The maximum absolute atomic E-state index is 12.5. The summed E-state index contributed by atoms with van der Waals surface area (Å²) in [6.45, 7) is 7.46. The van der Waals surface area contributed by atoms with Crippen LogP contribution in [0.5, 0.6) is 0 Å². The van der Waals surface area contributed by atoms with Crippen LogP contribution in [0.15, 0.2) is 0 Å². The first-order valence-corrected chi connectivity index (χ1v) is 8.13. The van der Waals surface area contributed by atoms with Crippen LogP contribution >= 0.6 is 0 Å². The van der Waals surface area contributed by atoms with E-state index < -0.39 is 0 Å². The lowest BCUT2D eigenvalue weighted by molar-refractivity contribution is 0.156. The molecule has 2 aliphatic rings. The number of carbonyl (C=O) groups excluding carboxylic acids is 1. The largest absolute Gasteiger partial charge is 0.333 e. The lowest BCUT2D eigenvalue weighted by Crippen LogP contribution is -2.54. The summed E-state index contributed by atoms with van der Waals surface area (Å²) in [4.78, 5) is 14.5. The van der Waals surface area contributed by atoms with Crippen LogP contribution in [0.25, 0.3) is 0 Å². The van der Waals surface area contributed by atoms with Crippen molar-refractivity contribution in [3.8, 4) is 0 Å². The van der Waals surface area contributed by atoms with Gasteiger partial charge in [0.1, 0.15) is 0 Å². The van der Waals surface area contributed by atoms with E-state index in [9.17, 15) is 4.79 Å². The molecule has 2 rings (SSSR count). The van der Waals surface area contributed by atoms with Crippen LogP contribution in [0, 0.1) is 5.92 Å². The Hall–Kier alpha value is -0.730. The number of hydrogen-bond acceptors (Lipinski definition) is 1. The first-order valence-electron chi connectivity index (χ1n) is 8.13. The van der Waals surface area contributed by atoms with Gasteiger partial charge >= 0.3 is 6.03 Å². The molecule has 0 saturated heterocycles. The second-order valence-corrected chi connectivity index (χ2v) is 6.91. The lowest BCUT2D eigenvalue weighted by atomic mass is 9.77. The van der Waals surface area contributed by atoms with Crippen molar-refractivity contribution in [2.75, 3.05) is 6.54 Å². The molecule has 0 unspecified atom stereocenters. The van der Waals surface area contributed by atoms with E-state index in [-0.39, 0.29) is 11.6 Å². The standard InChI is InChI=1S/C16H30N2O/c1-4-12-18(14-10-11-14)15(19)17-16(2,3)13-8-6-5-7-9-13/h13-14H,4-12H2,1-3H3,(H,17,19). The van der Waals surface area contributed by atoms with Gasteiger partial charge in [0.25, 0.3) is 0 Å². The molecule has 1 N–H and O–H groups in total. The first-order chi connectivity index (χ1) is 9.04. The van der Waals surface area contributed by atoms with Crippen molar-refractivity contribution in [1.29, 1.82) is 0 Å². The van der Waals surface area contributed by atoms with Gasteiger partial charge in [-0.3, -0.25) is 0 Å². The van der Waals surface area contributed by atoms with E-state index in [1.54, 1.807) is 0 Å². The van der Waals surface area contributed by atoms with E-state index in [0.717, 1.165) is 13.0 Å². The second kappa shape index (κ2) is 6.15. The topological polar surface area (TPSA) is 32.3 Å². The molecule has 0 spiro atoms. The Bertz CT molecular complexity index is 304. The van der Waals surface area contributed by atoms with Gasteiger partial charge < -0.3 is 10.2 Å². The van der Waals surface area contributed by atoms with Crippen molar-refractivity contribution in [1.82, 2.24) is 10.2 Å². The Morgan fingerprint density at radius 1 is 1.16 bits per heavy atom. The number of rotatable bonds is 5. The minimum Gasteiger partial charge on any atom is -0.333 e. The number of urea groups is 1. The van der Waals surface area contributed by atoms with Crippen LogP contribution in [-0.2, 0) is 0 Å². The molecule has 0 aromatic rings. The Morgan fingerprint density at radius 3 is 2.32 bits per heavy atom. The molecular formula is C16H30N2O. The smallest absolute Gasteiger partial charge is 0.318 e. The monoisotopic (exact) mass is 266 g/mol. The van der Waals surface area contributed by atoms with Gasteiger partial charge in [-0.2, -0.15) is 0 Å². The Kier molecular flexibility index (Phi) is 4.75. The van der Waals surface area contributed by atoms with Gasteiger partial charge in [-0.05, 0) is 51.9 Å². The number of amides is 2. The summed E-state index contributed by atoms with van der Waals surface area (Å²) in [6.07, 6.45) is 9.98. The predicted octanol–water partition coefficient (Wildman–Crippen LogP) is 3.93. The van der Waals surface area contributed by atoms with E-state index in [1.807, 2.05) is 0 Å². The minimum absolute atomic E-state index is 0.0572. The molecule has 0 atom stereocenters. The zero-order chi connectivity index (χ0) is 13.9. The quantitative estimate of drug-likeness (QED) is 0.803. The number of carbonyl (C=O) groups is 1. The maximum Gasteiger partial charge on any atom is 0.318 e. The molecule has 2 aliphatic carbocycles. The molecule has 0 bridgehead atoms. The summed E-state index contributed by atoms with van der Waals surface area (Å²) in [6, 6.07) is 0.682. The van der Waals surface area contributed by atoms with Crippen LogP contribution in [0.2, 0.25) is 0 Å². The van der Waals surface area contributed by atoms with Crippen molar-refractivity contribution in [3.05, 3.63) is 0 Å². The number of nitrogens with zero attached hydrogens (tertiary/aromatic N) is 1. The third-order valence-corrected chi connectivity index (χ3v) is 4.77. The van der Waals surface area contributed by atoms with Gasteiger partial charge in [0.05, 0.1) is 0 Å². The average Bonchev–Trinajstić information content (AvgIpc) is 3.20. The normalized spacial score (nSPS) is 21.2. The molecule has 0 aliphatic heterocycles. The fraction of sp³-hybridized carbons (Fsp3) is 0.938. The van der Waals surface area contributed by atoms with Crippen LogP contribution in [0.1, 0.15) is 72.1 Å². The van der Waals surface area contributed by atoms with Gasteiger partial charge in [-0.25, -0.2) is 4.79 Å². The molecule has 19 heavy (non-hydrogen) atoms. The second-order valence-electron chi connectivity index (χ2n) is 6.91. The minimum atomic E-state index is -0.0572. The zero-order valence-electron chi connectivity index (χ0n) is 12.9. The predicted molar refractivity (Wildman–Crippen MR) is 79.2 cm³/mol. The molecule has 2 saturated carbocycles. The summed E-state index contributed by atoms with van der Waals surface area (Å²) in [5, 5.41) is 3.32. The van der Waals surface area contributed by atoms with Crippen LogP contribution in [-0.4, -0.2) is 29.1 Å². The van der Waals surface area contributed by atoms with Crippen LogP contribution < -0.4 is 5.32 Å². The van der Waals surface area contributed by atoms with Crippen molar-refractivity contribution in [3.63, 3.8) is 0 Å². The van der Waals surface area contributed by atoms with Gasteiger partial charge in [-0.15, -0.1) is 0 Å². The zero-order valence-corrected chi connectivity index (χ0v) is 12.9.